The Hall–Kier alpha value is -2.83. The molecule has 2 aliphatic rings. The smallest absolute Gasteiger partial charge is 0.200 e. The fourth-order valence-corrected chi connectivity index (χ4v) is 3.69. The maximum atomic E-state index is 9.87. The first-order valence-corrected chi connectivity index (χ1v) is 13.3. The zero-order chi connectivity index (χ0) is 20.1. The number of nitrogens with one attached hydrogen (secondary N) is 2. The van der Waals surface area contributed by atoms with Gasteiger partial charge in [0, 0.05) is 6.20 Å². The number of guanidine groups is 1. The summed E-state index contributed by atoms with van der Waals surface area (Å²) >= 11 is 0. The molecule has 0 aromatic carbocycles. The van der Waals surface area contributed by atoms with Crippen molar-refractivity contribution < 1.29 is 0 Å². The minimum absolute atomic E-state index is 0.354. The van der Waals surface area contributed by atoms with Gasteiger partial charge < -0.3 is 10.6 Å². The van der Waals surface area contributed by atoms with Gasteiger partial charge in [-0.25, -0.2) is 9.98 Å². The fraction of sp³-hybridized carbons (Fsp3) is 0.409. The van der Waals surface area contributed by atoms with Gasteiger partial charge in [-0.2, -0.15) is 5.26 Å². The van der Waals surface area contributed by atoms with Crippen molar-refractivity contribution >= 4 is 19.6 Å². The third kappa shape index (κ3) is 5.12. The molecule has 0 radical (unpaired) electrons. The van der Waals surface area contributed by atoms with E-state index in [4.69, 9.17) is 4.99 Å². The van der Waals surface area contributed by atoms with E-state index in [0.29, 0.717) is 29.0 Å². The molecule has 144 valence electrons. The minimum Gasteiger partial charge on any atom is -0.332 e. The zero-order valence-electron chi connectivity index (χ0n) is 17.1. The third-order valence-electron chi connectivity index (χ3n) is 4.63. The Morgan fingerprint density at radius 3 is 2.68 bits per heavy atom. The van der Waals surface area contributed by atoms with Gasteiger partial charge in [-0.3, -0.25) is 0 Å². The number of rotatable bonds is 2. The number of nitriles is 1. The molecule has 0 spiro atoms. The summed E-state index contributed by atoms with van der Waals surface area (Å²) in [5.41, 5.74) is 6.86. The lowest BCUT2D eigenvalue weighted by molar-refractivity contribution is 0.696. The lowest BCUT2D eigenvalue weighted by Gasteiger charge is -2.22. The van der Waals surface area contributed by atoms with Crippen molar-refractivity contribution in [1.82, 2.24) is 15.6 Å². The predicted molar refractivity (Wildman–Crippen MR) is 117 cm³/mol. The van der Waals surface area contributed by atoms with Crippen molar-refractivity contribution in [3.05, 3.63) is 47.1 Å². The average molecular weight is 390 g/mol. The number of nitrogens with zero attached hydrogens (tertiary/aromatic N) is 3. The second kappa shape index (κ2) is 8.46. The van der Waals surface area contributed by atoms with Crippen molar-refractivity contribution in [2.75, 3.05) is 0 Å². The molecule has 1 saturated carbocycles. The Labute approximate surface area is 168 Å². The van der Waals surface area contributed by atoms with Crippen LogP contribution in [-0.2, 0) is 0 Å². The summed E-state index contributed by atoms with van der Waals surface area (Å²) in [7, 11) is -1.49. The van der Waals surface area contributed by atoms with Gasteiger partial charge >= 0.3 is 0 Å². The summed E-state index contributed by atoms with van der Waals surface area (Å²) < 4.78 is 0. The second-order valence-electron chi connectivity index (χ2n) is 8.28. The minimum atomic E-state index is -1.49. The van der Waals surface area contributed by atoms with Gasteiger partial charge in [0.15, 0.2) is 5.96 Å². The molecule has 2 N–H and O–H groups in total. The van der Waals surface area contributed by atoms with E-state index in [1.807, 2.05) is 31.3 Å². The standard InChI is InChI=1S/C22H27N5Si/c1-16-15-24-22(26-17-8-5-6-9-17)27-21(16)19(14-23)20-11-7-10-18(25-20)12-13-28(2,3)4/h7,10-11,15,17H,5-6,8-9H2,1-4H3,(H2,24,26,27). The highest BCUT2D eigenvalue weighted by Gasteiger charge is 2.20. The number of hydrogen-bond donors (Lipinski definition) is 2. The maximum Gasteiger partial charge on any atom is 0.200 e. The summed E-state index contributed by atoms with van der Waals surface area (Å²) in [5, 5.41) is 16.4. The zero-order valence-corrected chi connectivity index (χ0v) is 18.1. The Balaban J connectivity index is 1.95. The summed E-state index contributed by atoms with van der Waals surface area (Å²) in [5.74, 6) is 3.88. The quantitative estimate of drug-likeness (QED) is 0.456. The highest BCUT2D eigenvalue weighted by atomic mass is 28.3. The van der Waals surface area contributed by atoms with E-state index in [2.05, 4.69) is 52.8 Å². The summed E-state index contributed by atoms with van der Waals surface area (Å²) in [6.07, 6.45) is 6.61. The van der Waals surface area contributed by atoms with Crippen molar-refractivity contribution in [1.29, 1.82) is 5.26 Å². The van der Waals surface area contributed by atoms with Crippen molar-refractivity contribution in [3.63, 3.8) is 0 Å². The monoisotopic (exact) mass is 389 g/mol. The first-order chi connectivity index (χ1) is 13.4. The molecule has 3 rings (SSSR count). The van der Waals surface area contributed by atoms with Gasteiger partial charge in [-0.1, -0.05) is 44.5 Å². The number of allylic oxidation sites excluding steroid dienone is 2. The van der Waals surface area contributed by atoms with Crippen LogP contribution in [0.1, 0.15) is 44.0 Å². The molecule has 1 fully saturated rings. The molecule has 1 aliphatic heterocycles. The van der Waals surface area contributed by atoms with Crippen molar-refractivity contribution in [2.45, 2.75) is 58.3 Å². The van der Waals surface area contributed by atoms with Gasteiger partial charge in [0.05, 0.1) is 17.4 Å². The second-order valence-corrected chi connectivity index (χ2v) is 13.0. The normalized spacial score (nSPS) is 20.4. The van der Waals surface area contributed by atoms with E-state index in [-0.39, 0.29) is 0 Å². The lowest BCUT2D eigenvalue weighted by atomic mass is 10.0. The van der Waals surface area contributed by atoms with Gasteiger partial charge in [-0.05, 0) is 37.5 Å². The summed E-state index contributed by atoms with van der Waals surface area (Å²) in [6.45, 7) is 8.56. The first kappa shape index (κ1) is 19.9. The molecular weight excluding hydrogens is 362 g/mol. The van der Waals surface area contributed by atoms with Crippen LogP contribution in [0.4, 0.5) is 0 Å². The van der Waals surface area contributed by atoms with E-state index in [9.17, 15) is 5.26 Å². The van der Waals surface area contributed by atoms with Crippen LogP contribution in [0.2, 0.25) is 19.6 Å². The molecule has 1 aromatic heterocycles. The Kier molecular flexibility index (Phi) is 6.01. The fourth-order valence-electron chi connectivity index (χ4n) is 3.18. The molecule has 0 saturated heterocycles. The molecule has 0 atom stereocenters. The van der Waals surface area contributed by atoms with Crippen LogP contribution in [-0.4, -0.2) is 25.1 Å². The Morgan fingerprint density at radius 1 is 1.25 bits per heavy atom. The van der Waals surface area contributed by atoms with Crippen LogP contribution in [0.5, 0.6) is 0 Å². The molecule has 0 bridgehead atoms. The molecule has 5 nitrogen and oxygen atoms in total. The van der Waals surface area contributed by atoms with E-state index in [1.165, 1.54) is 12.8 Å². The van der Waals surface area contributed by atoms with E-state index in [0.717, 1.165) is 24.1 Å². The van der Waals surface area contributed by atoms with Crippen LogP contribution in [0.15, 0.2) is 40.7 Å². The van der Waals surface area contributed by atoms with Gasteiger partial charge in [-0.15, -0.1) is 5.54 Å². The average Bonchev–Trinajstić information content (AvgIpc) is 3.16. The SMILES string of the molecule is CC1=CNC(=NC2CCCC2)NC1=C(C#N)c1cccc(C#C[Si](C)(C)C)n1. The van der Waals surface area contributed by atoms with E-state index >= 15 is 0 Å². The van der Waals surface area contributed by atoms with E-state index < -0.39 is 8.07 Å². The highest BCUT2D eigenvalue weighted by molar-refractivity contribution is 6.83. The Morgan fingerprint density at radius 2 is 2.00 bits per heavy atom. The first-order valence-electron chi connectivity index (χ1n) is 9.79. The molecule has 28 heavy (non-hydrogen) atoms. The third-order valence-corrected chi connectivity index (χ3v) is 5.51. The molecule has 1 aromatic rings. The van der Waals surface area contributed by atoms with E-state index in [1.54, 1.807) is 0 Å². The largest absolute Gasteiger partial charge is 0.332 e. The molecule has 6 heteroatoms. The number of aliphatic imine (C=N–C) groups is 1. The molecule has 0 unspecified atom stereocenters. The van der Waals surface area contributed by atoms with Gasteiger partial charge in [0.2, 0.25) is 0 Å². The lowest BCUT2D eigenvalue weighted by Crippen LogP contribution is -2.39. The van der Waals surface area contributed by atoms with Crippen LogP contribution in [0.25, 0.3) is 5.57 Å². The molecule has 2 heterocycles. The molecule has 1 aliphatic carbocycles. The highest BCUT2D eigenvalue weighted by Crippen LogP contribution is 2.24. The van der Waals surface area contributed by atoms with Crippen molar-refractivity contribution in [3.8, 4) is 17.5 Å². The number of aromatic nitrogens is 1. The summed E-state index contributed by atoms with van der Waals surface area (Å²) in [6, 6.07) is 8.33. The van der Waals surface area contributed by atoms with Crippen LogP contribution in [0.3, 0.4) is 0 Å². The van der Waals surface area contributed by atoms with Crippen LogP contribution >= 0.6 is 0 Å². The topological polar surface area (TPSA) is 73.1 Å². The Bertz CT molecular complexity index is 942. The number of pyridine rings is 1. The van der Waals surface area contributed by atoms with Crippen molar-refractivity contribution in [2.24, 2.45) is 4.99 Å². The van der Waals surface area contributed by atoms with Gasteiger partial charge in [0.1, 0.15) is 25.4 Å². The number of hydrogen-bond acceptors (Lipinski definition) is 3. The maximum absolute atomic E-state index is 9.87. The van der Waals surface area contributed by atoms with Crippen LogP contribution in [0, 0.1) is 22.8 Å². The van der Waals surface area contributed by atoms with Crippen LogP contribution < -0.4 is 10.6 Å². The van der Waals surface area contributed by atoms with Gasteiger partial charge in [0.25, 0.3) is 0 Å². The molecule has 0 amide bonds. The predicted octanol–water partition coefficient (Wildman–Crippen LogP) is 3.94. The molecular formula is C22H27N5Si. The summed E-state index contributed by atoms with van der Waals surface area (Å²) in [4.78, 5) is 9.40.